The first-order valence-electron chi connectivity index (χ1n) is 5.89. The second-order valence-electron chi connectivity index (χ2n) is 3.81. The first-order valence-corrected chi connectivity index (χ1v) is 7.95. The van der Waals surface area contributed by atoms with Crippen LogP contribution in [0.25, 0.3) is 0 Å². The van der Waals surface area contributed by atoms with Crippen molar-refractivity contribution in [2.45, 2.75) is 0 Å². The number of carboxylic acid groups (broad SMARTS) is 1. The van der Waals surface area contributed by atoms with Crippen LogP contribution in [0.5, 0.6) is 0 Å². The second-order valence-corrected chi connectivity index (χ2v) is 5.05. The zero-order valence-corrected chi connectivity index (χ0v) is 16.7. The maximum atomic E-state index is 10.7. The van der Waals surface area contributed by atoms with Gasteiger partial charge in [-0.25, -0.2) is 4.79 Å². The number of benzene rings is 2. The van der Waals surface area contributed by atoms with Crippen LogP contribution in [0.4, 0.5) is 11.4 Å². The Morgan fingerprint density at radius 2 is 1.08 bits per heavy atom. The van der Waals surface area contributed by atoms with Gasteiger partial charge in [-0.2, -0.15) is 16.8 Å². The van der Waals surface area contributed by atoms with Gasteiger partial charge in [-0.15, -0.1) is 8.73 Å². The number of carboxylic acids is 1. The molecule has 122 valence electrons. The average Bonchev–Trinajstić information content (AvgIpc) is 2.48. The molecule has 8 nitrogen and oxygen atoms in total. The third kappa shape index (κ3) is 9.03. The molecular formula is C13H10N2O6S2Zn. The molecule has 1 N–H and O–H groups in total. The van der Waals surface area contributed by atoms with E-state index in [9.17, 15) is 21.6 Å². The van der Waals surface area contributed by atoms with Crippen LogP contribution in [-0.4, -0.2) is 27.9 Å². The molecule has 0 aromatic heterocycles. The summed E-state index contributed by atoms with van der Waals surface area (Å²) in [6.45, 7) is 0. The van der Waals surface area contributed by atoms with Crippen molar-refractivity contribution in [2.75, 3.05) is 0 Å². The Hall–Kier alpha value is -2.23. The molecule has 0 aliphatic carbocycles. The van der Waals surface area contributed by atoms with E-state index in [4.69, 9.17) is 5.11 Å². The third-order valence-corrected chi connectivity index (χ3v) is 2.90. The Morgan fingerprint density at radius 1 is 0.750 bits per heavy atom. The van der Waals surface area contributed by atoms with Crippen LogP contribution >= 0.6 is 0 Å². The van der Waals surface area contributed by atoms with Crippen molar-refractivity contribution in [1.29, 1.82) is 0 Å². The van der Waals surface area contributed by atoms with E-state index in [1.54, 1.807) is 0 Å². The van der Waals surface area contributed by atoms with Gasteiger partial charge >= 0.3 is 27.0 Å². The molecule has 0 bridgehead atoms. The second kappa shape index (κ2) is 11.3. The Kier molecular flexibility index (Phi) is 10.3. The van der Waals surface area contributed by atoms with Gasteiger partial charge in [-0.05, 0) is 18.2 Å². The predicted molar refractivity (Wildman–Crippen MR) is 81.9 cm³/mol. The van der Waals surface area contributed by atoms with Gasteiger partial charge in [-0.3, -0.25) is 0 Å². The summed E-state index contributed by atoms with van der Waals surface area (Å²) in [6.07, 6.45) is 0. The zero-order valence-electron chi connectivity index (χ0n) is 12.1. The van der Waals surface area contributed by atoms with E-state index in [2.05, 4.69) is 8.73 Å². The van der Waals surface area contributed by atoms with E-state index in [0.29, 0.717) is 0 Å². The van der Waals surface area contributed by atoms with Gasteiger partial charge in [0.1, 0.15) is 0 Å². The van der Waals surface area contributed by atoms with E-state index >= 15 is 0 Å². The molecule has 0 saturated carbocycles. The molecule has 0 heterocycles. The predicted octanol–water partition coefficient (Wildman–Crippen LogP) is 2.46. The number of carbonyl (C=O) groups is 1. The molecule has 0 unspecified atom stereocenters. The van der Waals surface area contributed by atoms with E-state index in [0.717, 1.165) is 18.2 Å². The average molecular weight is 420 g/mol. The molecule has 0 fully saturated rings. The topological polar surface area (TPSA) is 130 Å². The van der Waals surface area contributed by atoms with Crippen LogP contribution in [0.1, 0.15) is 10.4 Å². The molecule has 11 heteroatoms. The number of nitrogens with zero attached hydrogens (tertiary/aromatic N) is 2. The van der Waals surface area contributed by atoms with Gasteiger partial charge in [0.2, 0.25) is 0 Å². The van der Waals surface area contributed by atoms with Gasteiger partial charge in [-0.1, -0.05) is 36.4 Å². The quantitative estimate of drug-likeness (QED) is 0.760. The van der Waals surface area contributed by atoms with E-state index in [1.165, 1.54) is 0 Å². The van der Waals surface area contributed by atoms with Crippen molar-refractivity contribution >= 4 is 38.3 Å². The Labute approximate surface area is 153 Å². The van der Waals surface area contributed by atoms with Crippen LogP contribution in [0.3, 0.4) is 0 Å². The Bertz CT molecular complexity index is 860. The first kappa shape index (κ1) is 21.8. The number of rotatable bonds is 3. The number of hydrogen-bond acceptors (Lipinski definition) is 7. The van der Waals surface area contributed by atoms with Gasteiger partial charge in [0.15, 0.2) is 0 Å². The summed E-state index contributed by atoms with van der Waals surface area (Å²) >= 11 is 0. The molecule has 0 atom stereocenters. The molecule has 2 rings (SSSR count). The van der Waals surface area contributed by atoms with Crippen LogP contribution < -0.4 is 0 Å². The monoisotopic (exact) mass is 418 g/mol. The van der Waals surface area contributed by atoms with E-state index in [1.807, 2.05) is 36.4 Å². The minimum Gasteiger partial charge on any atom is -0.478 e. The Balaban J connectivity index is 0.000000635. The fourth-order valence-corrected chi connectivity index (χ4v) is 1.94. The minimum absolute atomic E-state index is 0. The van der Waals surface area contributed by atoms with Crippen molar-refractivity contribution in [3.8, 4) is 0 Å². The fourth-order valence-electron chi connectivity index (χ4n) is 1.38. The zero-order chi connectivity index (χ0) is 17.2. The van der Waals surface area contributed by atoms with Crippen LogP contribution in [0.15, 0.2) is 63.3 Å². The van der Waals surface area contributed by atoms with Gasteiger partial charge in [0.05, 0.1) is 16.9 Å². The van der Waals surface area contributed by atoms with Crippen LogP contribution in [-0.2, 0) is 40.5 Å². The first-order chi connectivity index (χ1) is 10.9. The molecule has 2 aromatic rings. The summed E-state index contributed by atoms with van der Waals surface area (Å²) in [5, 5.41) is 8.71. The van der Waals surface area contributed by atoms with E-state index in [-0.39, 0.29) is 36.4 Å². The smallest absolute Gasteiger partial charge is 0.335 e. The van der Waals surface area contributed by atoms with Crippen molar-refractivity contribution in [2.24, 2.45) is 8.73 Å². The summed E-state index contributed by atoms with van der Waals surface area (Å²) in [4.78, 5) is 10.7. The number of aromatic carboxylic acids is 1. The molecule has 0 saturated heterocycles. The fraction of sp³-hybridized carbons (Fsp3) is 0. The summed E-state index contributed by atoms with van der Waals surface area (Å²) in [5.74, 6) is -1.35. The molecule has 24 heavy (non-hydrogen) atoms. The minimum atomic E-state index is -2.77. The SMILES string of the molecule is O=C(O)c1cc(N=S(=O)=O)cc(N=S(=O)=O)c1.[Zn].c1ccccc1. The van der Waals surface area contributed by atoms with Crippen molar-refractivity contribution < 1.29 is 46.2 Å². The van der Waals surface area contributed by atoms with Gasteiger partial charge < -0.3 is 5.11 Å². The maximum Gasteiger partial charge on any atom is 0.335 e. The molecule has 0 aliphatic rings. The van der Waals surface area contributed by atoms with E-state index < -0.39 is 27.0 Å². The van der Waals surface area contributed by atoms with Crippen molar-refractivity contribution in [3.63, 3.8) is 0 Å². The van der Waals surface area contributed by atoms with Crippen LogP contribution in [0, 0.1) is 0 Å². The number of hydrogen-bond donors (Lipinski definition) is 1. The van der Waals surface area contributed by atoms with Gasteiger partial charge in [0.25, 0.3) is 0 Å². The van der Waals surface area contributed by atoms with Crippen molar-refractivity contribution in [1.82, 2.24) is 0 Å². The Morgan fingerprint density at radius 3 is 1.33 bits per heavy atom. The molecule has 0 aliphatic heterocycles. The maximum absolute atomic E-state index is 10.7. The largest absolute Gasteiger partial charge is 0.478 e. The van der Waals surface area contributed by atoms with Crippen molar-refractivity contribution in [3.05, 3.63) is 60.2 Å². The summed E-state index contributed by atoms with van der Waals surface area (Å²) in [6, 6.07) is 15.0. The normalized spacial score (nSPS) is 8.67. The summed E-state index contributed by atoms with van der Waals surface area (Å²) in [7, 11) is -5.55. The van der Waals surface area contributed by atoms with Gasteiger partial charge in [0, 0.05) is 19.5 Å². The standard InChI is InChI=1S/C7H4N2O6S2.C6H6.Zn/c10-7(11)4-1-5(8-16(12)13)3-6(2-4)9-17(14)15;1-2-4-6-5-3-1;/h1-3H,(H,10,11);1-6H;. The molecule has 0 radical (unpaired) electrons. The molecule has 2 aromatic carbocycles. The third-order valence-electron chi connectivity index (χ3n) is 2.18. The summed E-state index contributed by atoms with van der Waals surface area (Å²) < 4.78 is 47.4. The molecular weight excluding hydrogens is 410 g/mol. The van der Waals surface area contributed by atoms with Crippen LogP contribution in [0.2, 0.25) is 0 Å². The molecule has 0 spiro atoms. The molecule has 0 amide bonds. The summed E-state index contributed by atoms with van der Waals surface area (Å²) in [5.41, 5.74) is -0.759.